The Morgan fingerprint density at radius 1 is 1.44 bits per heavy atom. The Morgan fingerprint density at radius 3 is 2.89 bits per heavy atom. The Morgan fingerprint density at radius 2 is 2.22 bits per heavy atom. The van der Waals surface area contributed by atoms with Gasteiger partial charge in [0.25, 0.3) is 5.91 Å². The van der Waals surface area contributed by atoms with E-state index in [9.17, 15) is 4.79 Å². The number of carbonyl (C=O) groups is 1. The molecule has 1 aromatic heterocycles. The van der Waals surface area contributed by atoms with Gasteiger partial charge in [0.15, 0.2) is 0 Å². The van der Waals surface area contributed by atoms with Gasteiger partial charge < -0.3 is 9.84 Å². The molecule has 0 bridgehead atoms. The molecule has 0 atom stereocenters. The van der Waals surface area contributed by atoms with E-state index >= 15 is 0 Å². The summed E-state index contributed by atoms with van der Waals surface area (Å²) in [6.45, 7) is 2.21. The van der Waals surface area contributed by atoms with Gasteiger partial charge in [-0.05, 0) is 18.1 Å². The lowest BCUT2D eigenvalue weighted by Crippen LogP contribution is -2.23. The van der Waals surface area contributed by atoms with E-state index in [0.29, 0.717) is 17.9 Å². The van der Waals surface area contributed by atoms with Crippen molar-refractivity contribution < 1.29 is 9.32 Å². The highest BCUT2D eigenvalue weighted by molar-refractivity contribution is 9.08. The third-order valence-electron chi connectivity index (χ3n) is 2.59. The normalized spacial score (nSPS) is 10.3. The minimum absolute atomic E-state index is 0.169. The van der Waals surface area contributed by atoms with Gasteiger partial charge in [0.1, 0.15) is 11.3 Å². The lowest BCUT2D eigenvalue weighted by atomic mass is 10.1. The van der Waals surface area contributed by atoms with Crippen LogP contribution < -0.4 is 5.32 Å². The van der Waals surface area contributed by atoms with E-state index < -0.39 is 0 Å². The summed E-state index contributed by atoms with van der Waals surface area (Å²) in [6, 6.07) is 8.04. The Labute approximate surface area is 113 Å². The first-order valence-corrected chi connectivity index (χ1v) is 6.66. The van der Waals surface area contributed by atoms with Crippen LogP contribution in [0.2, 0.25) is 0 Å². The van der Waals surface area contributed by atoms with Crippen molar-refractivity contribution in [2.45, 2.75) is 18.8 Å². The first-order valence-electron chi connectivity index (χ1n) is 5.54. The molecule has 0 saturated heterocycles. The Hall–Kier alpha value is -1.62. The highest BCUT2D eigenvalue weighted by atomic mass is 79.9. The average Bonchev–Trinajstić information content (AvgIpc) is 2.82. The number of amides is 1. The monoisotopic (exact) mass is 308 g/mol. The third kappa shape index (κ3) is 2.98. The van der Waals surface area contributed by atoms with Crippen molar-refractivity contribution in [2.24, 2.45) is 0 Å². The second-order valence-electron chi connectivity index (χ2n) is 3.93. The van der Waals surface area contributed by atoms with Gasteiger partial charge in [-0.2, -0.15) is 0 Å². The molecule has 2 rings (SSSR count). The number of nitrogens with zero attached hydrogens (tertiary/aromatic N) is 1. The molecule has 0 saturated carbocycles. The van der Waals surface area contributed by atoms with Crippen molar-refractivity contribution in [3.8, 4) is 0 Å². The first kappa shape index (κ1) is 12.8. The Balaban J connectivity index is 1.99. The van der Waals surface area contributed by atoms with Crippen LogP contribution in [0, 0.1) is 6.92 Å². The second-order valence-corrected chi connectivity index (χ2v) is 4.49. The van der Waals surface area contributed by atoms with E-state index in [1.165, 1.54) is 11.8 Å². The molecule has 0 aliphatic heterocycles. The number of hydrogen-bond acceptors (Lipinski definition) is 3. The quantitative estimate of drug-likeness (QED) is 0.884. The predicted octanol–water partition coefficient (Wildman–Crippen LogP) is 2.81. The topological polar surface area (TPSA) is 55.1 Å². The molecule has 0 fully saturated rings. The summed E-state index contributed by atoms with van der Waals surface area (Å²) in [5.74, 6) is 0.361. The van der Waals surface area contributed by atoms with E-state index in [4.69, 9.17) is 4.52 Å². The molecule has 0 spiro atoms. The maximum Gasteiger partial charge on any atom is 0.256 e. The minimum Gasteiger partial charge on any atom is -0.361 e. The molecule has 0 aliphatic rings. The van der Waals surface area contributed by atoms with Crippen LogP contribution in [0.15, 0.2) is 35.0 Å². The number of nitrogens with one attached hydrogen (secondary N) is 1. The molecule has 1 amide bonds. The number of hydrogen-bond donors (Lipinski definition) is 1. The molecule has 1 N–H and O–H groups in total. The van der Waals surface area contributed by atoms with E-state index in [2.05, 4.69) is 32.5 Å². The summed E-state index contributed by atoms with van der Waals surface area (Å²) in [5.41, 5.74) is 2.73. The zero-order valence-corrected chi connectivity index (χ0v) is 11.5. The van der Waals surface area contributed by atoms with Gasteiger partial charge in [-0.15, -0.1) is 0 Å². The average molecular weight is 309 g/mol. The van der Waals surface area contributed by atoms with Gasteiger partial charge in [0, 0.05) is 11.9 Å². The van der Waals surface area contributed by atoms with Crippen molar-refractivity contribution in [1.82, 2.24) is 10.5 Å². The van der Waals surface area contributed by atoms with Crippen molar-refractivity contribution in [1.29, 1.82) is 0 Å². The summed E-state index contributed by atoms with van der Waals surface area (Å²) >= 11 is 3.40. The number of rotatable bonds is 4. The number of carbonyl (C=O) groups excluding carboxylic acids is 1. The zero-order valence-electron chi connectivity index (χ0n) is 9.94. The van der Waals surface area contributed by atoms with Gasteiger partial charge in [0.05, 0.1) is 6.20 Å². The van der Waals surface area contributed by atoms with Crippen LogP contribution in [0.5, 0.6) is 0 Å². The molecule has 0 radical (unpaired) electrons. The lowest BCUT2D eigenvalue weighted by molar-refractivity contribution is 0.0949. The van der Waals surface area contributed by atoms with E-state index in [1.54, 1.807) is 6.92 Å². The van der Waals surface area contributed by atoms with Crippen LogP contribution in [0.1, 0.15) is 27.2 Å². The van der Waals surface area contributed by atoms with Gasteiger partial charge in [-0.3, -0.25) is 4.79 Å². The number of aryl methyl sites for hydroxylation is 1. The predicted molar refractivity (Wildman–Crippen MR) is 71.5 cm³/mol. The highest BCUT2D eigenvalue weighted by Crippen LogP contribution is 2.10. The van der Waals surface area contributed by atoms with Crippen molar-refractivity contribution in [3.05, 3.63) is 52.9 Å². The van der Waals surface area contributed by atoms with Crippen molar-refractivity contribution in [2.75, 3.05) is 0 Å². The fourth-order valence-electron chi connectivity index (χ4n) is 1.62. The lowest BCUT2D eigenvalue weighted by Gasteiger charge is -2.05. The zero-order chi connectivity index (χ0) is 13.0. The number of aromatic nitrogens is 1. The van der Waals surface area contributed by atoms with E-state index in [-0.39, 0.29) is 5.91 Å². The Bertz CT molecular complexity index is 551. The molecule has 1 aromatic carbocycles. The molecule has 4 nitrogen and oxygen atoms in total. The van der Waals surface area contributed by atoms with Crippen LogP contribution in [0.4, 0.5) is 0 Å². The van der Waals surface area contributed by atoms with Gasteiger partial charge in [-0.1, -0.05) is 45.4 Å². The Kier molecular flexibility index (Phi) is 4.15. The summed E-state index contributed by atoms with van der Waals surface area (Å²) in [7, 11) is 0. The molecule has 0 unspecified atom stereocenters. The molecular formula is C13H13BrN2O2. The maximum atomic E-state index is 11.8. The fourth-order valence-corrected chi connectivity index (χ4v) is 1.97. The standard InChI is InChI=1S/C13H13BrN2O2/c1-9-12(8-16-18-9)13(17)15-7-11-4-2-3-10(5-11)6-14/h2-5,8H,6-7H2,1H3,(H,15,17). The maximum absolute atomic E-state index is 11.8. The number of alkyl halides is 1. The molecule has 18 heavy (non-hydrogen) atoms. The summed E-state index contributed by atoms with van der Waals surface area (Å²) in [5, 5.41) is 7.23. The summed E-state index contributed by atoms with van der Waals surface area (Å²) in [6.07, 6.45) is 1.43. The molecule has 0 aliphatic carbocycles. The van der Waals surface area contributed by atoms with Crippen LogP contribution in [0.3, 0.4) is 0 Å². The van der Waals surface area contributed by atoms with Crippen LogP contribution in [0.25, 0.3) is 0 Å². The smallest absolute Gasteiger partial charge is 0.256 e. The van der Waals surface area contributed by atoms with Crippen LogP contribution in [-0.2, 0) is 11.9 Å². The largest absolute Gasteiger partial charge is 0.361 e. The van der Waals surface area contributed by atoms with E-state index in [1.807, 2.05) is 18.2 Å². The van der Waals surface area contributed by atoms with Crippen molar-refractivity contribution in [3.63, 3.8) is 0 Å². The summed E-state index contributed by atoms with van der Waals surface area (Å²) in [4.78, 5) is 11.8. The summed E-state index contributed by atoms with van der Waals surface area (Å²) < 4.78 is 4.86. The van der Waals surface area contributed by atoms with Crippen LogP contribution in [-0.4, -0.2) is 11.1 Å². The van der Waals surface area contributed by atoms with Crippen molar-refractivity contribution >= 4 is 21.8 Å². The molecule has 2 aromatic rings. The van der Waals surface area contributed by atoms with Gasteiger partial charge >= 0.3 is 0 Å². The van der Waals surface area contributed by atoms with Gasteiger partial charge in [0.2, 0.25) is 0 Å². The number of benzene rings is 1. The second kappa shape index (κ2) is 5.82. The third-order valence-corrected chi connectivity index (χ3v) is 3.24. The van der Waals surface area contributed by atoms with E-state index in [0.717, 1.165) is 10.9 Å². The number of halogens is 1. The minimum atomic E-state index is -0.169. The first-order chi connectivity index (χ1) is 8.70. The SMILES string of the molecule is Cc1oncc1C(=O)NCc1cccc(CBr)c1. The molecular weight excluding hydrogens is 296 g/mol. The van der Waals surface area contributed by atoms with Crippen LogP contribution >= 0.6 is 15.9 Å². The fraction of sp³-hybridized carbons (Fsp3) is 0.231. The molecule has 94 valence electrons. The molecule has 5 heteroatoms. The molecule has 1 heterocycles. The van der Waals surface area contributed by atoms with Gasteiger partial charge in [-0.25, -0.2) is 0 Å². The highest BCUT2D eigenvalue weighted by Gasteiger charge is 2.12.